The fourth-order valence-electron chi connectivity index (χ4n) is 4.61. The molecule has 0 spiro atoms. The Morgan fingerprint density at radius 3 is 2.57 bits per heavy atom. The first-order chi connectivity index (χ1) is 18.0. The number of piperazine rings is 1. The fraction of sp³-hybridized carbons (Fsp3) is 0.333. The third-order valence-corrected chi connectivity index (χ3v) is 7.93. The molecule has 5 rings (SSSR count). The van der Waals surface area contributed by atoms with E-state index in [0.29, 0.717) is 45.8 Å². The lowest BCUT2D eigenvalue weighted by molar-refractivity contribution is -0.122. The fourth-order valence-corrected chi connectivity index (χ4v) is 5.90. The number of carbonyl (C=O) groups excluding carboxylic acids is 1. The van der Waals surface area contributed by atoms with Crippen LogP contribution in [-0.4, -0.2) is 75.9 Å². The van der Waals surface area contributed by atoms with Gasteiger partial charge in [-0.25, -0.2) is 4.98 Å². The van der Waals surface area contributed by atoms with Crippen LogP contribution in [0.1, 0.15) is 17.5 Å². The molecule has 10 heteroatoms. The van der Waals surface area contributed by atoms with Crippen LogP contribution in [0.15, 0.2) is 64.4 Å². The monoisotopic (exact) mass is 535 g/mol. The van der Waals surface area contributed by atoms with Crippen LogP contribution in [0.2, 0.25) is 0 Å². The Hall–Kier alpha value is -3.05. The summed E-state index contributed by atoms with van der Waals surface area (Å²) < 4.78 is 7.14. The van der Waals surface area contributed by atoms with Gasteiger partial charge in [-0.05, 0) is 30.2 Å². The Labute approximate surface area is 225 Å². The summed E-state index contributed by atoms with van der Waals surface area (Å²) in [4.78, 5) is 38.2. The van der Waals surface area contributed by atoms with Crippen LogP contribution in [-0.2, 0) is 16.1 Å². The number of nitrogens with zero attached hydrogens (tertiary/aromatic N) is 5. The smallest absolute Gasteiger partial charge is 0.267 e. The summed E-state index contributed by atoms with van der Waals surface area (Å²) in [7, 11) is 1.63. The third-order valence-electron chi connectivity index (χ3n) is 6.55. The second-order valence-corrected chi connectivity index (χ2v) is 10.7. The summed E-state index contributed by atoms with van der Waals surface area (Å²) in [6, 6.07) is 15.9. The number of thioether (sulfide) groups is 1. The summed E-state index contributed by atoms with van der Waals surface area (Å²) in [5, 5.41) is 0. The summed E-state index contributed by atoms with van der Waals surface area (Å²) in [6.07, 6.45) is 4.07. The Morgan fingerprint density at radius 1 is 1.05 bits per heavy atom. The Balaban J connectivity index is 1.43. The maximum Gasteiger partial charge on any atom is 0.267 e. The number of benzene rings is 1. The van der Waals surface area contributed by atoms with Crippen LogP contribution >= 0.6 is 24.0 Å². The molecule has 0 atom stereocenters. The number of hydrogen-bond donors (Lipinski definition) is 0. The van der Waals surface area contributed by atoms with Crippen molar-refractivity contribution in [1.29, 1.82) is 0 Å². The lowest BCUT2D eigenvalue weighted by atomic mass is 10.2. The van der Waals surface area contributed by atoms with E-state index in [0.717, 1.165) is 32.7 Å². The van der Waals surface area contributed by atoms with E-state index >= 15 is 0 Å². The molecular formula is C27H29N5O3S2. The van der Waals surface area contributed by atoms with Crippen molar-refractivity contribution in [2.45, 2.75) is 13.0 Å². The molecule has 2 aliphatic rings. The number of rotatable bonds is 8. The molecule has 1 aromatic carbocycles. The van der Waals surface area contributed by atoms with Crippen molar-refractivity contribution in [3.8, 4) is 0 Å². The summed E-state index contributed by atoms with van der Waals surface area (Å²) >= 11 is 6.70. The first-order valence-electron chi connectivity index (χ1n) is 12.3. The van der Waals surface area contributed by atoms with Gasteiger partial charge in [0, 0.05) is 59.2 Å². The van der Waals surface area contributed by atoms with Gasteiger partial charge in [0.25, 0.3) is 11.5 Å². The van der Waals surface area contributed by atoms with Crippen LogP contribution in [0.3, 0.4) is 0 Å². The Morgan fingerprint density at radius 2 is 1.81 bits per heavy atom. The zero-order valence-electron chi connectivity index (χ0n) is 20.7. The zero-order chi connectivity index (χ0) is 25.8. The highest BCUT2D eigenvalue weighted by atomic mass is 32.2. The summed E-state index contributed by atoms with van der Waals surface area (Å²) in [6.45, 7) is 5.11. The van der Waals surface area contributed by atoms with E-state index in [-0.39, 0.29) is 11.5 Å². The maximum absolute atomic E-state index is 13.6. The van der Waals surface area contributed by atoms with Gasteiger partial charge >= 0.3 is 0 Å². The lowest BCUT2D eigenvalue weighted by Crippen LogP contribution is -2.47. The second kappa shape index (κ2) is 11.6. The number of pyridine rings is 1. The number of ether oxygens (including phenoxy) is 1. The van der Waals surface area contributed by atoms with E-state index in [1.54, 1.807) is 30.3 Å². The summed E-state index contributed by atoms with van der Waals surface area (Å²) in [5.74, 6) is 0.433. The number of carbonyl (C=O) groups is 1. The molecule has 2 fully saturated rings. The van der Waals surface area contributed by atoms with Gasteiger partial charge in [-0.1, -0.05) is 60.4 Å². The van der Waals surface area contributed by atoms with Gasteiger partial charge in [-0.2, -0.15) is 0 Å². The van der Waals surface area contributed by atoms with Crippen LogP contribution in [0, 0.1) is 0 Å². The molecule has 4 heterocycles. The van der Waals surface area contributed by atoms with E-state index in [4.69, 9.17) is 21.9 Å². The molecule has 0 unspecified atom stereocenters. The highest BCUT2D eigenvalue weighted by Gasteiger charge is 2.33. The van der Waals surface area contributed by atoms with E-state index < -0.39 is 0 Å². The molecule has 0 N–H and O–H groups in total. The molecule has 1 amide bonds. The molecule has 192 valence electrons. The second-order valence-electron chi connectivity index (χ2n) is 9.01. The Kier molecular flexibility index (Phi) is 7.99. The van der Waals surface area contributed by atoms with Crippen molar-refractivity contribution in [2.75, 3.05) is 51.3 Å². The number of fused-ring (bicyclic) bond motifs is 1. The standard InChI is InChI=1S/C27H29N5O3S2/c1-35-17-7-12-32-26(34)22(37-27(32)36)18-21-24(28-23-10-5-6-11-31(23)25(21)33)30-15-13-29(14-16-30)19-20-8-3-2-4-9-20/h2-6,8-11,18H,7,12-17,19H2,1H3. The number of amides is 1. The third kappa shape index (κ3) is 5.62. The van der Waals surface area contributed by atoms with Gasteiger partial charge in [0.2, 0.25) is 0 Å². The van der Waals surface area contributed by atoms with Crippen molar-refractivity contribution in [2.24, 2.45) is 0 Å². The molecule has 3 aromatic rings. The highest BCUT2D eigenvalue weighted by Crippen LogP contribution is 2.33. The lowest BCUT2D eigenvalue weighted by Gasteiger charge is -2.36. The van der Waals surface area contributed by atoms with Crippen molar-refractivity contribution >= 4 is 51.7 Å². The molecule has 0 saturated carbocycles. The molecule has 8 nitrogen and oxygen atoms in total. The number of hydrogen-bond acceptors (Lipinski definition) is 8. The molecule has 2 saturated heterocycles. The zero-order valence-corrected chi connectivity index (χ0v) is 22.3. The van der Waals surface area contributed by atoms with Gasteiger partial charge in [-0.3, -0.25) is 23.8 Å². The molecule has 2 aromatic heterocycles. The normalized spacial score (nSPS) is 17.9. The van der Waals surface area contributed by atoms with Gasteiger partial charge in [0.15, 0.2) is 0 Å². The maximum atomic E-state index is 13.6. The number of anilines is 1. The minimum Gasteiger partial charge on any atom is -0.385 e. The van der Waals surface area contributed by atoms with Crippen LogP contribution < -0.4 is 10.5 Å². The average molecular weight is 536 g/mol. The minimum absolute atomic E-state index is 0.178. The summed E-state index contributed by atoms with van der Waals surface area (Å²) in [5.41, 5.74) is 2.08. The molecule has 0 aliphatic carbocycles. The SMILES string of the molecule is COCCCN1C(=O)C(=Cc2c(N3CCN(Cc4ccccc4)CC3)nc3ccccn3c2=O)SC1=S. The predicted octanol–water partition coefficient (Wildman–Crippen LogP) is 3.25. The van der Waals surface area contributed by atoms with E-state index in [9.17, 15) is 9.59 Å². The number of methoxy groups -OCH3 is 1. The van der Waals surface area contributed by atoms with Crippen molar-refractivity contribution < 1.29 is 9.53 Å². The number of aromatic nitrogens is 2. The highest BCUT2D eigenvalue weighted by molar-refractivity contribution is 8.26. The van der Waals surface area contributed by atoms with Gasteiger partial charge in [0.05, 0.1) is 10.5 Å². The first-order valence-corrected chi connectivity index (χ1v) is 13.5. The average Bonchev–Trinajstić information content (AvgIpc) is 3.19. The molecule has 37 heavy (non-hydrogen) atoms. The first kappa shape index (κ1) is 25.6. The Bertz CT molecular complexity index is 1380. The van der Waals surface area contributed by atoms with Crippen molar-refractivity contribution in [3.05, 3.63) is 81.1 Å². The van der Waals surface area contributed by atoms with E-state index in [1.807, 2.05) is 18.2 Å². The number of thiocarbonyl (C=S) groups is 1. The van der Waals surface area contributed by atoms with E-state index in [2.05, 4.69) is 34.1 Å². The molecule has 0 bridgehead atoms. The van der Waals surface area contributed by atoms with Crippen LogP contribution in [0.4, 0.5) is 5.82 Å². The van der Waals surface area contributed by atoms with E-state index in [1.165, 1.54) is 21.7 Å². The largest absolute Gasteiger partial charge is 0.385 e. The van der Waals surface area contributed by atoms with Crippen LogP contribution in [0.5, 0.6) is 0 Å². The quantitative estimate of drug-likeness (QED) is 0.247. The van der Waals surface area contributed by atoms with Gasteiger partial charge in [0.1, 0.15) is 15.8 Å². The van der Waals surface area contributed by atoms with Crippen molar-refractivity contribution in [1.82, 2.24) is 19.2 Å². The van der Waals surface area contributed by atoms with Gasteiger partial charge in [-0.15, -0.1) is 0 Å². The predicted molar refractivity (Wildman–Crippen MR) is 152 cm³/mol. The minimum atomic E-state index is -0.197. The molecular weight excluding hydrogens is 506 g/mol. The van der Waals surface area contributed by atoms with Crippen LogP contribution in [0.25, 0.3) is 11.7 Å². The van der Waals surface area contributed by atoms with Gasteiger partial charge < -0.3 is 9.64 Å². The topological polar surface area (TPSA) is 70.4 Å². The molecule has 2 aliphatic heterocycles. The molecule has 0 radical (unpaired) electrons. The van der Waals surface area contributed by atoms with Crippen molar-refractivity contribution in [3.63, 3.8) is 0 Å².